The summed E-state index contributed by atoms with van der Waals surface area (Å²) in [4.78, 5) is 0.166. The number of rotatable bonds is 4. The summed E-state index contributed by atoms with van der Waals surface area (Å²) in [6.07, 6.45) is 1.91. The van der Waals surface area contributed by atoms with Crippen LogP contribution in [0, 0.1) is 11.7 Å². The van der Waals surface area contributed by atoms with Gasteiger partial charge in [0.25, 0.3) is 0 Å². The minimum Gasteiger partial charge on any atom is -0.319 e. The molecule has 0 bridgehead atoms. The lowest BCUT2D eigenvalue weighted by atomic mass is 10.00. The van der Waals surface area contributed by atoms with Gasteiger partial charge in [-0.1, -0.05) is 0 Å². The van der Waals surface area contributed by atoms with Crippen LogP contribution in [-0.2, 0) is 10.0 Å². The molecule has 1 aromatic carbocycles. The van der Waals surface area contributed by atoms with Crippen molar-refractivity contribution in [3.8, 4) is 0 Å². The summed E-state index contributed by atoms with van der Waals surface area (Å²) in [5.74, 6) is -0.0837. The summed E-state index contributed by atoms with van der Waals surface area (Å²) in [6, 6.07) is 5.02. The van der Waals surface area contributed by atoms with E-state index in [1.165, 1.54) is 28.6 Å². The van der Waals surface area contributed by atoms with Crippen molar-refractivity contribution in [2.75, 3.05) is 26.7 Å². The van der Waals surface area contributed by atoms with Crippen LogP contribution in [0.25, 0.3) is 0 Å². The van der Waals surface area contributed by atoms with E-state index in [-0.39, 0.29) is 17.3 Å². The maximum atomic E-state index is 12.9. The smallest absolute Gasteiger partial charge is 0.243 e. The molecule has 4 nitrogen and oxygen atoms in total. The highest BCUT2D eigenvalue weighted by molar-refractivity contribution is 7.89. The fourth-order valence-corrected chi connectivity index (χ4v) is 4.01. The molecule has 0 amide bonds. The van der Waals surface area contributed by atoms with Crippen LogP contribution in [0.15, 0.2) is 29.2 Å². The van der Waals surface area contributed by atoms with Crippen LogP contribution < -0.4 is 5.32 Å². The Kier molecular flexibility index (Phi) is 6.39. The number of nitrogens with one attached hydrogen (secondary N) is 1. The number of piperidine rings is 1. The maximum Gasteiger partial charge on any atom is 0.243 e. The molecular weight excluding hydrogens is 303 g/mol. The van der Waals surface area contributed by atoms with Gasteiger partial charge in [-0.3, -0.25) is 0 Å². The molecule has 1 heterocycles. The highest BCUT2D eigenvalue weighted by Crippen LogP contribution is 2.23. The van der Waals surface area contributed by atoms with Crippen molar-refractivity contribution in [2.45, 2.75) is 17.7 Å². The summed E-state index contributed by atoms with van der Waals surface area (Å²) in [5, 5.41) is 3.09. The Morgan fingerprint density at radius 3 is 2.60 bits per heavy atom. The number of halogens is 2. The van der Waals surface area contributed by atoms with E-state index in [0.29, 0.717) is 19.0 Å². The van der Waals surface area contributed by atoms with Crippen molar-refractivity contribution in [3.63, 3.8) is 0 Å². The maximum absolute atomic E-state index is 12.9. The monoisotopic (exact) mass is 322 g/mol. The van der Waals surface area contributed by atoms with E-state index in [1.54, 1.807) is 0 Å². The van der Waals surface area contributed by atoms with Crippen LogP contribution in [0.5, 0.6) is 0 Å². The molecular formula is C13H20ClFN2O2S. The summed E-state index contributed by atoms with van der Waals surface area (Å²) in [7, 11) is -1.62. The second-order valence-electron chi connectivity index (χ2n) is 4.88. The molecule has 1 aromatic rings. The number of sulfonamides is 1. The third kappa shape index (κ3) is 3.91. The third-order valence-electron chi connectivity index (χ3n) is 3.43. The van der Waals surface area contributed by atoms with E-state index < -0.39 is 15.8 Å². The number of hydrogen-bond donors (Lipinski definition) is 1. The largest absolute Gasteiger partial charge is 0.319 e. The predicted molar refractivity (Wildman–Crippen MR) is 79.1 cm³/mol. The van der Waals surface area contributed by atoms with Crippen LogP contribution in [0.2, 0.25) is 0 Å². The van der Waals surface area contributed by atoms with Gasteiger partial charge in [-0.05, 0) is 56.6 Å². The van der Waals surface area contributed by atoms with Gasteiger partial charge in [0.1, 0.15) is 5.82 Å². The standard InChI is InChI=1S/C13H19FN2O2S.ClH/c1-15-9-11-3-2-8-16(10-11)19(17,18)13-6-4-12(14)5-7-13;/h4-7,11,15H,2-3,8-10H2,1H3;1H. The van der Waals surface area contributed by atoms with Crippen molar-refractivity contribution < 1.29 is 12.8 Å². The molecule has 1 aliphatic heterocycles. The van der Waals surface area contributed by atoms with E-state index in [4.69, 9.17) is 0 Å². The van der Waals surface area contributed by atoms with Gasteiger partial charge in [0.05, 0.1) is 4.90 Å². The Hall–Kier alpha value is -0.690. The molecule has 0 spiro atoms. The summed E-state index contributed by atoms with van der Waals surface area (Å²) in [6.45, 7) is 1.88. The Bertz CT molecular complexity index is 520. The molecule has 1 aliphatic rings. The van der Waals surface area contributed by atoms with Crippen molar-refractivity contribution in [1.82, 2.24) is 9.62 Å². The van der Waals surface area contributed by atoms with E-state index in [0.717, 1.165) is 19.4 Å². The van der Waals surface area contributed by atoms with Gasteiger partial charge in [-0.2, -0.15) is 4.31 Å². The zero-order chi connectivity index (χ0) is 13.9. The third-order valence-corrected chi connectivity index (χ3v) is 5.31. The molecule has 20 heavy (non-hydrogen) atoms. The van der Waals surface area contributed by atoms with E-state index in [1.807, 2.05) is 7.05 Å². The fourth-order valence-electron chi connectivity index (χ4n) is 2.46. The minimum atomic E-state index is -3.49. The Morgan fingerprint density at radius 1 is 1.35 bits per heavy atom. The van der Waals surface area contributed by atoms with Crippen LogP contribution in [0.4, 0.5) is 4.39 Å². The minimum absolute atomic E-state index is 0. The first-order chi connectivity index (χ1) is 9.04. The molecule has 0 radical (unpaired) electrons. The Morgan fingerprint density at radius 2 is 2.00 bits per heavy atom. The molecule has 114 valence electrons. The normalized spacial score (nSPS) is 20.4. The zero-order valence-corrected chi connectivity index (χ0v) is 13.0. The van der Waals surface area contributed by atoms with Crippen LogP contribution in [0.1, 0.15) is 12.8 Å². The Balaban J connectivity index is 0.00000200. The first-order valence-corrected chi connectivity index (χ1v) is 7.88. The fraction of sp³-hybridized carbons (Fsp3) is 0.538. The SMILES string of the molecule is CNCC1CCCN(S(=O)(=O)c2ccc(F)cc2)C1.Cl. The zero-order valence-electron chi connectivity index (χ0n) is 11.4. The van der Waals surface area contributed by atoms with Crippen molar-refractivity contribution >= 4 is 22.4 Å². The molecule has 1 saturated heterocycles. The first-order valence-electron chi connectivity index (χ1n) is 6.44. The second kappa shape index (κ2) is 7.36. The summed E-state index contributed by atoms with van der Waals surface area (Å²) >= 11 is 0. The molecule has 0 aliphatic carbocycles. The van der Waals surface area contributed by atoms with Gasteiger partial charge in [0.2, 0.25) is 10.0 Å². The highest BCUT2D eigenvalue weighted by Gasteiger charge is 2.29. The van der Waals surface area contributed by atoms with Gasteiger partial charge in [-0.15, -0.1) is 12.4 Å². The first kappa shape index (κ1) is 17.4. The van der Waals surface area contributed by atoms with Crippen LogP contribution in [-0.4, -0.2) is 39.4 Å². The van der Waals surface area contributed by atoms with Crippen molar-refractivity contribution in [1.29, 1.82) is 0 Å². The number of nitrogens with zero attached hydrogens (tertiary/aromatic N) is 1. The van der Waals surface area contributed by atoms with Gasteiger partial charge in [-0.25, -0.2) is 12.8 Å². The predicted octanol–water partition coefficient (Wildman–Crippen LogP) is 1.87. The highest BCUT2D eigenvalue weighted by atomic mass is 35.5. The van der Waals surface area contributed by atoms with Crippen molar-refractivity contribution in [3.05, 3.63) is 30.1 Å². The molecule has 1 unspecified atom stereocenters. The van der Waals surface area contributed by atoms with E-state index >= 15 is 0 Å². The molecule has 1 N–H and O–H groups in total. The van der Waals surface area contributed by atoms with E-state index in [9.17, 15) is 12.8 Å². The average Bonchev–Trinajstić information content (AvgIpc) is 2.40. The van der Waals surface area contributed by atoms with Gasteiger partial charge >= 0.3 is 0 Å². The van der Waals surface area contributed by atoms with Crippen molar-refractivity contribution in [2.24, 2.45) is 5.92 Å². The summed E-state index contributed by atoms with van der Waals surface area (Å²) < 4.78 is 39.2. The molecule has 0 saturated carbocycles. The van der Waals surface area contributed by atoms with E-state index in [2.05, 4.69) is 5.32 Å². The molecule has 2 rings (SSSR count). The molecule has 1 atom stereocenters. The number of hydrogen-bond acceptors (Lipinski definition) is 3. The van der Waals surface area contributed by atoms with Crippen LogP contribution in [0.3, 0.4) is 0 Å². The van der Waals surface area contributed by atoms with Gasteiger partial charge in [0, 0.05) is 13.1 Å². The summed E-state index contributed by atoms with van der Waals surface area (Å²) in [5.41, 5.74) is 0. The Labute approximate surface area is 125 Å². The quantitative estimate of drug-likeness (QED) is 0.920. The topological polar surface area (TPSA) is 49.4 Å². The lowest BCUT2D eigenvalue weighted by molar-refractivity contribution is 0.263. The molecule has 1 fully saturated rings. The van der Waals surface area contributed by atoms with Crippen LogP contribution >= 0.6 is 12.4 Å². The second-order valence-corrected chi connectivity index (χ2v) is 6.82. The average molecular weight is 323 g/mol. The van der Waals surface area contributed by atoms with Gasteiger partial charge in [0.15, 0.2) is 0 Å². The number of benzene rings is 1. The molecule has 0 aromatic heterocycles. The lowest BCUT2D eigenvalue weighted by Crippen LogP contribution is -2.42. The molecule has 7 heteroatoms. The lowest BCUT2D eigenvalue weighted by Gasteiger charge is -2.31. The van der Waals surface area contributed by atoms with Gasteiger partial charge < -0.3 is 5.32 Å².